The fourth-order valence-corrected chi connectivity index (χ4v) is 5.47. The van der Waals surface area contributed by atoms with Crippen LogP contribution in [0.15, 0.2) is 71.3 Å². The molecule has 2 aromatic carbocycles. The number of hydrogen-bond acceptors (Lipinski definition) is 8. The number of amides is 3. The van der Waals surface area contributed by atoms with E-state index >= 15 is 0 Å². The minimum atomic E-state index is -0.916. The predicted octanol–water partition coefficient (Wildman–Crippen LogP) is 2.57. The van der Waals surface area contributed by atoms with Crippen LogP contribution in [-0.2, 0) is 32.0 Å². The summed E-state index contributed by atoms with van der Waals surface area (Å²) in [4.78, 5) is 63.5. The van der Waals surface area contributed by atoms with Crippen LogP contribution in [0, 0.1) is 0 Å². The maximum absolute atomic E-state index is 13.3. The van der Waals surface area contributed by atoms with Crippen molar-refractivity contribution < 1.29 is 23.9 Å². The monoisotopic (exact) mass is 600 g/mol. The minimum absolute atomic E-state index is 0.198. The number of aromatic nitrogens is 2. The summed E-state index contributed by atoms with van der Waals surface area (Å²) in [5.41, 5.74) is 3.38. The molecule has 0 saturated heterocycles. The van der Waals surface area contributed by atoms with Gasteiger partial charge in [-0.3, -0.25) is 19.2 Å². The van der Waals surface area contributed by atoms with E-state index in [1.54, 1.807) is 12.3 Å². The van der Waals surface area contributed by atoms with Crippen LogP contribution >= 0.6 is 11.3 Å². The highest BCUT2D eigenvalue weighted by Crippen LogP contribution is 2.21. The first-order chi connectivity index (χ1) is 20.9. The van der Waals surface area contributed by atoms with Crippen LogP contribution in [0.5, 0.6) is 0 Å². The molecule has 2 aromatic heterocycles. The fraction of sp³-hybridized carbons (Fsp3) is 0.290. The molecule has 2 atom stereocenters. The largest absolute Gasteiger partial charge is 0.476 e. The second-order valence-electron chi connectivity index (χ2n) is 10.0. The maximum atomic E-state index is 13.3. The molecule has 2 unspecified atom stereocenters. The molecule has 4 N–H and O–H groups in total. The third-order valence-corrected chi connectivity index (χ3v) is 7.78. The number of H-pyrrole nitrogens is 1. The summed E-state index contributed by atoms with van der Waals surface area (Å²) < 4.78 is 5.55. The molecule has 0 radical (unpaired) electrons. The average Bonchev–Trinajstić information content (AvgIpc) is 3.82. The van der Waals surface area contributed by atoms with Gasteiger partial charge in [0.1, 0.15) is 12.6 Å². The molecule has 0 aliphatic carbocycles. The Morgan fingerprint density at radius 3 is 2.63 bits per heavy atom. The van der Waals surface area contributed by atoms with E-state index in [4.69, 9.17) is 4.74 Å². The van der Waals surface area contributed by atoms with Gasteiger partial charge in [0.25, 0.3) is 0 Å². The Morgan fingerprint density at radius 1 is 1.02 bits per heavy atom. The molecule has 1 aliphatic rings. The Hall–Kier alpha value is -4.84. The van der Waals surface area contributed by atoms with E-state index in [0.717, 1.165) is 27.6 Å². The van der Waals surface area contributed by atoms with Crippen LogP contribution in [-0.4, -0.2) is 71.2 Å². The summed E-state index contributed by atoms with van der Waals surface area (Å²) >= 11 is 1.20. The predicted molar refractivity (Wildman–Crippen MR) is 163 cm³/mol. The van der Waals surface area contributed by atoms with Crippen molar-refractivity contribution in [2.75, 3.05) is 19.7 Å². The van der Waals surface area contributed by atoms with Gasteiger partial charge in [-0.1, -0.05) is 37.3 Å². The molecule has 11 nitrogen and oxygen atoms in total. The Kier molecular flexibility index (Phi) is 9.57. The molecular weight excluding hydrogens is 568 g/mol. The van der Waals surface area contributed by atoms with Crippen molar-refractivity contribution in [1.29, 1.82) is 0 Å². The molecule has 5 rings (SSSR count). The number of Topliss-reactive ketones (excluding diaryl/α,β-unsaturated/α-hetero) is 1. The van der Waals surface area contributed by atoms with Gasteiger partial charge in [0, 0.05) is 53.5 Å². The Bertz CT molecular complexity index is 1650. The summed E-state index contributed by atoms with van der Waals surface area (Å²) in [5, 5.41) is 11.1. The summed E-state index contributed by atoms with van der Waals surface area (Å²) in [6, 6.07) is 13.3. The Balaban J connectivity index is 1.25. The van der Waals surface area contributed by atoms with Crippen LogP contribution < -0.4 is 16.0 Å². The molecule has 222 valence electrons. The zero-order valence-electron chi connectivity index (χ0n) is 23.6. The van der Waals surface area contributed by atoms with Crippen molar-refractivity contribution in [2.45, 2.75) is 38.3 Å². The number of fused-ring (bicyclic) bond motifs is 1. The first-order valence-electron chi connectivity index (χ1n) is 14.0. The van der Waals surface area contributed by atoms with E-state index in [1.807, 2.05) is 54.7 Å². The number of para-hydroxylation sites is 1. The highest BCUT2D eigenvalue weighted by molar-refractivity contribution is 7.11. The van der Waals surface area contributed by atoms with Crippen molar-refractivity contribution in [3.8, 4) is 0 Å². The average molecular weight is 601 g/mol. The van der Waals surface area contributed by atoms with Gasteiger partial charge in [-0.25, -0.2) is 9.98 Å². The molecule has 43 heavy (non-hydrogen) atoms. The highest BCUT2D eigenvalue weighted by atomic mass is 32.1. The van der Waals surface area contributed by atoms with Crippen LogP contribution in [0.2, 0.25) is 0 Å². The van der Waals surface area contributed by atoms with Gasteiger partial charge in [-0.15, -0.1) is 11.3 Å². The quantitative estimate of drug-likeness (QED) is 0.173. The van der Waals surface area contributed by atoms with Crippen molar-refractivity contribution in [3.63, 3.8) is 0 Å². The van der Waals surface area contributed by atoms with Gasteiger partial charge >= 0.3 is 0 Å². The number of nitrogens with one attached hydrogen (secondary N) is 4. The van der Waals surface area contributed by atoms with Crippen molar-refractivity contribution in [2.24, 2.45) is 4.99 Å². The lowest BCUT2D eigenvalue weighted by atomic mass is 10.0. The summed E-state index contributed by atoms with van der Waals surface area (Å²) in [5.74, 6) is -1.12. The second-order valence-corrected chi connectivity index (χ2v) is 10.9. The molecule has 12 heteroatoms. The SMILES string of the molecule is CCC(=O)NC(Cc1cccc(C2=NCCO2)c1)C(=O)NCC(=O)NC(Cc1c[nH]c2ccccc12)C(=O)c1nccs1. The Morgan fingerprint density at radius 2 is 1.86 bits per heavy atom. The van der Waals surface area contributed by atoms with E-state index < -0.39 is 23.9 Å². The van der Waals surface area contributed by atoms with Crippen LogP contribution in [0.3, 0.4) is 0 Å². The van der Waals surface area contributed by atoms with Gasteiger partial charge in [-0.05, 0) is 29.3 Å². The number of carbonyl (C=O) groups excluding carboxylic acids is 4. The number of aliphatic imine (C=N–C) groups is 1. The summed E-state index contributed by atoms with van der Waals surface area (Å²) in [7, 11) is 0. The number of ether oxygens (including phenoxy) is 1. The number of hydrogen-bond donors (Lipinski definition) is 4. The number of thiazole rings is 1. The van der Waals surface area contributed by atoms with Crippen LogP contribution in [0.1, 0.15) is 39.8 Å². The first kappa shape index (κ1) is 29.6. The number of ketones is 1. The van der Waals surface area contributed by atoms with E-state index in [0.29, 0.717) is 19.0 Å². The lowest BCUT2D eigenvalue weighted by Crippen LogP contribution is -2.51. The summed E-state index contributed by atoms with van der Waals surface area (Å²) in [6.45, 7) is 2.44. The molecule has 1 aliphatic heterocycles. The zero-order valence-corrected chi connectivity index (χ0v) is 24.4. The number of aromatic amines is 1. The number of nitrogens with zero attached hydrogens (tertiary/aromatic N) is 2. The van der Waals surface area contributed by atoms with Gasteiger partial charge < -0.3 is 25.7 Å². The van der Waals surface area contributed by atoms with Gasteiger partial charge in [0.15, 0.2) is 5.01 Å². The second kappa shape index (κ2) is 13.9. The van der Waals surface area contributed by atoms with Gasteiger partial charge in [0.05, 0.1) is 19.1 Å². The van der Waals surface area contributed by atoms with Crippen molar-refractivity contribution >= 4 is 51.6 Å². The third-order valence-electron chi connectivity index (χ3n) is 6.99. The normalized spacial score (nSPS) is 13.9. The lowest BCUT2D eigenvalue weighted by molar-refractivity contribution is -0.130. The van der Waals surface area contributed by atoms with Gasteiger partial charge in [-0.2, -0.15) is 0 Å². The topological polar surface area (TPSA) is 155 Å². The Labute approximate surface area is 252 Å². The molecule has 4 aromatic rings. The summed E-state index contributed by atoms with van der Waals surface area (Å²) in [6.07, 6.45) is 4.00. The molecule has 3 amide bonds. The fourth-order valence-electron chi connectivity index (χ4n) is 4.84. The molecule has 3 heterocycles. The molecule has 0 bridgehead atoms. The minimum Gasteiger partial charge on any atom is -0.476 e. The van der Waals surface area contributed by atoms with Crippen LogP contribution in [0.25, 0.3) is 10.9 Å². The zero-order chi connectivity index (χ0) is 30.2. The molecule has 0 spiro atoms. The standard InChI is InChI=1S/C31H32N6O5S/c1-2-26(38)37-25(15-19-6-5-7-20(14-19)30-32-10-12-42-30)29(41)35-18-27(39)36-24(28(40)31-33-11-13-43-31)16-21-17-34-23-9-4-3-8-22(21)23/h3-9,11,13-14,17,24-25,34H,2,10,12,15-16,18H2,1H3,(H,35,41)(H,36,39)(H,37,38). The van der Waals surface area contributed by atoms with Crippen molar-refractivity contribution in [3.05, 3.63) is 88.0 Å². The first-order valence-corrected chi connectivity index (χ1v) is 14.9. The lowest BCUT2D eigenvalue weighted by Gasteiger charge is -2.20. The molecule has 0 fully saturated rings. The molecule has 0 saturated carbocycles. The number of rotatable bonds is 13. The van der Waals surface area contributed by atoms with E-state index in [1.165, 1.54) is 17.5 Å². The van der Waals surface area contributed by atoms with Crippen LogP contribution in [0.4, 0.5) is 0 Å². The smallest absolute Gasteiger partial charge is 0.243 e. The maximum Gasteiger partial charge on any atom is 0.243 e. The van der Waals surface area contributed by atoms with E-state index in [9.17, 15) is 19.2 Å². The molecular formula is C31H32N6O5S. The van der Waals surface area contributed by atoms with Gasteiger partial charge in [0.2, 0.25) is 29.4 Å². The highest BCUT2D eigenvalue weighted by Gasteiger charge is 2.27. The van der Waals surface area contributed by atoms with Crippen molar-refractivity contribution in [1.82, 2.24) is 25.9 Å². The number of carbonyl (C=O) groups is 4. The third kappa shape index (κ3) is 7.52. The number of benzene rings is 2. The van der Waals surface area contributed by atoms with E-state index in [-0.39, 0.29) is 42.5 Å². The van der Waals surface area contributed by atoms with E-state index in [2.05, 4.69) is 30.9 Å².